The molecule has 19 heavy (non-hydrogen) atoms. The SMILES string of the molecule is CC12CC3CC(C1)CC(C(=O)c1ccc(Br)s1)(C3)C2. The second kappa shape index (κ2) is 3.94. The number of halogens is 1. The molecule has 2 unspecified atom stereocenters. The minimum atomic E-state index is -0.0108. The van der Waals surface area contributed by atoms with Gasteiger partial charge in [-0.25, -0.2) is 0 Å². The monoisotopic (exact) mass is 338 g/mol. The van der Waals surface area contributed by atoms with Crippen LogP contribution < -0.4 is 0 Å². The van der Waals surface area contributed by atoms with Gasteiger partial charge in [-0.05, 0) is 83.8 Å². The molecule has 0 amide bonds. The lowest BCUT2D eigenvalue weighted by Gasteiger charge is -2.60. The van der Waals surface area contributed by atoms with E-state index in [1.165, 1.54) is 19.3 Å². The Morgan fingerprint density at radius 3 is 2.47 bits per heavy atom. The number of thiophene rings is 1. The van der Waals surface area contributed by atoms with Gasteiger partial charge in [0.15, 0.2) is 5.78 Å². The van der Waals surface area contributed by atoms with Crippen molar-refractivity contribution in [2.45, 2.75) is 45.4 Å². The molecule has 102 valence electrons. The van der Waals surface area contributed by atoms with E-state index in [1.807, 2.05) is 12.1 Å². The van der Waals surface area contributed by atoms with Gasteiger partial charge in [-0.2, -0.15) is 0 Å². The van der Waals surface area contributed by atoms with Gasteiger partial charge < -0.3 is 0 Å². The molecule has 4 fully saturated rings. The number of hydrogen-bond acceptors (Lipinski definition) is 2. The van der Waals surface area contributed by atoms with Crippen LogP contribution in [0.2, 0.25) is 0 Å². The molecular formula is C16H19BrOS. The maximum absolute atomic E-state index is 13.0. The van der Waals surface area contributed by atoms with Crippen molar-refractivity contribution >= 4 is 33.0 Å². The molecule has 0 aromatic carbocycles. The van der Waals surface area contributed by atoms with Crippen LogP contribution in [0.15, 0.2) is 15.9 Å². The van der Waals surface area contributed by atoms with Crippen molar-refractivity contribution < 1.29 is 4.79 Å². The first-order valence-electron chi connectivity index (χ1n) is 7.28. The second-order valence-corrected chi connectivity index (χ2v) is 9.95. The van der Waals surface area contributed by atoms with E-state index < -0.39 is 0 Å². The molecule has 0 spiro atoms. The van der Waals surface area contributed by atoms with E-state index in [0.29, 0.717) is 11.2 Å². The Kier molecular flexibility index (Phi) is 2.61. The van der Waals surface area contributed by atoms with E-state index in [9.17, 15) is 4.79 Å². The number of ketones is 1. The molecule has 1 heterocycles. The third-order valence-corrected chi connectivity index (χ3v) is 7.25. The lowest BCUT2D eigenvalue weighted by Crippen LogP contribution is -2.53. The summed E-state index contributed by atoms with van der Waals surface area (Å²) in [6, 6.07) is 4.03. The van der Waals surface area contributed by atoms with Gasteiger partial charge in [0.1, 0.15) is 0 Å². The Bertz CT molecular complexity index is 533. The zero-order chi connectivity index (χ0) is 13.3. The molecule has 2 atom stereocenters. The Hall–Kier alpha value is -0.150. The first-order valence-corrected chi connectivity index (χ1v) is 8.89. The van der Waals surface area contributed by atoms with Gasteiger partial charge in [0.2, 0.25) is 0 Å². The van der Waals surface area contributed by atoms with E-state index in [0.717, 1.165) is 39.8 Å². The van der Waals surface area contributed by atoms with E-state index >= 15 is 0 Å². The normalized spacial score (nSPS) is 43.7. The molecule has 4 aliphatic carbocycles. The molecule has 4 aliphatic rings. The Labute approximate surface area is 126 Å². The molecule has 5 rings (SSSR count). The second-order valence-electron chi connectivity index (χ2n) is 7.48. The summed E-state index contributed by atoms with van der Waals surface area (Å²) in [5.74, 6) is 2.08. The molecule has 1 nitrogen and oxygen atoms in total. The molecular weight excluding hydrogens is 320 g/mol. The lowest BCUT2D eigenvalue weighted by atomic mass is 9.44. The van der Waals surface area contributed by atoms with Crippen molar-refractivity contribution in [2.75, 3.05) is 0 Å². The molecule has 4 bridgehead atoms. The zero-order valence-electron chi connectivity index (χ0n) is 11.2. The number of rotatable bonds is 2. The number of carbonyl (C=O) groups is 1. The van der Waals surface area contributed by atoms with Gasteiger partial charge in [-0.1, -0.05) is 6.92 Å². The van der Waals surface area contributed by atoms with Gasteiger partial charge in [-0.3, -0.25) is 4.79 Å². The van der Waals surface area contributed by atoms with E-state index in [-0.39, 0.29) is 5.41 Å². The van der Waals surface area contributed by atoms with Gasteiger partial charge in [-0.15, -0.1) is 11.3 Å². The summed E-state index contributed by atoms with van der Waals surface area (Å²) in [6.45, 7) is 2.43. The summed E-state index contributed by atoms with van der Waals surface area (Å²) < 4.78 is 1.08. The molecule has 1 aromatic rings. The van der Waals surface area contributed by atoms with Crippen LogP contribution in [0.25, 0.3) is 0 Å². The third-order valence-electron chi connectivity index (χ3n) is 5.63. The van der Waals surface area contributed by atoms with Crippen LogP contribution in [0, 0.1) is 22.7 Å². The molecule has 0 radical (unpaired) electrons. The molecule has 3 heteroatoms. The largest absolute Gasteiger partial charge is 0.293 e. The molecule has 0 aliphatic heterocycles. The Balaban J connectivity index is 1.72. The van der Waals surface area contributed by atoms with E-state index in [2.05, 4.69) is 22.9 Å². The highest BCUT2D eigenvalue weighted by atomic mass is 79.9. The highest BCUT2D eigenvalue weighted by Gasteiger charge is 2.58. The fourth-order valence-corrected chi connectivity index (χ4v) is 7.13. The van der Waals surface area contributed by atoms with Gasteiger partial charge in [0.05, 0.1) is 8.66 Å². The fourth-order valence-electron chi connectivity index (χ4n) is 5.68. The fraction of sp³-hybridized carbons (Fsp3) is 0.688. The smallest absolute Gasteiger partial charge is 0.178 e. The van der Waals surface area contributed by atoms with Crippen LogP contribution in [-0.4, -0.2) is 5.78 Å². The number of hydrogen-bond donors (Lipinski definition) is 0. The maximum atomic E-state index is 13.0. The zero-order valence-corrected chi connectivity index (χ0v) is 13.6. The van der Waals surface area contributed by atoms with E-state index in [4.69, 9.17) is 0 Å². The molecule has 1 aromatic heterocycles. The number of Topliss-reactive ketones (excluding diaryl/α,β-unsaturated/α-hetero) is 1. The van der Waals surface area contributed by atoms with Crippen molar-refractivity contribution in [1.82, 2.24) is 0 Å². The maximum Gasteiger partial charge on any atom is 0.178 e. The highest BCUT2D eigenvalue weighted by Crippen LogP contribution is 2.65. The first-order chi connectivity index (χ1) is 8.98. The summed E-state index contributed by atoms with van der Waals surface area (Å²) >= 11 is 5.10. The standard InChI is InChI=1S/C16H19BrOS/c1-15-5-10-4-11(6-15)8-16(7-10,9-15)14(18)12-2-3-13(17)19-12/h2-3,10-11H,4-9H2,1H3. The minimum Gasteiger partial charge on any atom is -0.293 e. The van der Waals surface area contributed by atoms with Crippen molar-refractivity contribution in [2.24, 2.45) is 22.7 Å². The lowest BCUT2D eigenvalue weighted by molar-refractivity contribution is -0.0819. The predicted octanol–water partition coefficient (Wildman–Crippen LogP) is 5.30. The van der Waals surface area contributed by atoms with Crippen molar-refractivity contribution in [3.63, 3.8) is 0 Å². The highest BCUT2D eigenvalue weighted by molar-refractivity contribution is 9.11. The van der Waals surface area contributed by atoms with Gasteiger partial charge in [0, 0.05) is 5.41 Å². The average Bonchev–Trinajstić information content (AvgIpc) is 2.71. The summed E-state index contributed by atoms with van der Waals surface area (Å²) in [7, 11) is 0. The van der Waals surface area contributed by atoms with Crippen LogP contribution in [0.3, 0.4) is 0 Å². The Morgan fingerprint density at radius 2 is 1.95 bits per heavy atom. The van der Waals surface area contributed by atoms with Crippen LogP contribution in [0.1, 0.15) is 55.1 Å². The van der Waals surface area contributed by atoms with Crippen molar-refractivity contribution in [3.8, 4) is 0 Å². The molecule has 0 N–H and O–H groups in total. The predicted molar refractivity (Wildman–Crippen MR) is 81.6 cm³/mol. The third kappa shape index (κ3) is 1.88. The minimum absolute atomic E-state index is 0.0108. The summed E-state index contributed by atoms with van der Waals surface area (Å²) in [5.41, 5.74) is 0.442. The van der Waals surface area contributed by atoms with Crippen LogP contribution in [0.5, 0.6) is 0 Å². The van der Waals surface area contributed by atoms with Crippen LogP contribution in [-0.2, 0) is 0 Å². The summed E-state index contributed by atoms with van der Waals surface area (Å²) in [4.78, 5) is 14.0. The summed E-state index contributed by atoms with van der Waals surface area (Å²) in [6.07, 6.45) is 7.58. The van der Waals surface area contributed by atoms with Crippen LogP contribution >= 0.6 is 27.3 Å². The molecule has 4 saturated carbocycles. The average molecular weight is 339 g/mol. The van der Waals surface area contributed by atoms with Crippen molar-refractivity contribution in [3.05, 3.63) is 20.8 Å². The van der Waals surface area contributed by atoms with Crippen LogP contribution in [0.4, 0.5) is 0 Å². The van der Waals surface area contributed by atoms with E-state index in [1.54, 1.807) is 11.3 Å². The number of carbonyl (C=O) groups excluding carboxylic acids is 1. The topological polar surface area (TPSA) is 17.1 Å². The molecule has 0 saturated heterocycles. The quantitative estimate of drug-likeness (QED) is 0.668. The summed E-state index contributed by atoms with van der Waals surface area (Å²) in [5, 5.41) is 0. The Morgan fingerprint density at radius 1 is 1.26 bits per heavy atom. The first kappa shape index (κ1) is 12.6. The van der Waals surface area contributed by atoms with Crippen molar-refractivity contribution in [1.29, 1.82) is 0 Å². The van der Waals surface area contributed by atoms with Gasteiger partial charge in [0.25, 0.3) is 0 Å². The van der Waals surface area contributed by atoms with Gasteiger partial charge >= 0.3 is 0 Å².